The van der Waals surface area contributed by atoms with Crippen LogP contribution < -0.4 is 10.6 Å². The summed E-state index contributed by atoms with van der Waals surface area (Å²) in [6, 6.07) is 0.953. The number of nitrogen functional groups attached to an aromatic ring is 1. The van der Waals surface area contributed by atoms with Crippen LogP contribution in [0.5, 0.6) is 0 Å². The molecule has 5 heteroatoms. The fraction of sp³-hybridized carbons (Fsp3) is 0.769. The largest absolute Gasteiger partial charge is 0.394 e. The standard InChI is InChI=1S/C13H25N5/c1-9(2)18-13(12(14)10(3)15-18)17-7-6-11(8-17)16(4)5/h9,11H,6-8,14H2,1-5H3. The molecular formula is C13H25N5. The molecule has 2 N–H and O–H groups in total. The lowest BCUT2D eigenvalue weighted by Crippen LogP contribution is -2.32. The van der Waals surface area contributed by atoms with Crippen LogP contribution in [0, 0.1) is 6.92 Å². The second kappa shape index (κ2) is 4.80. The first-order valence-electron chi connectivity index (χ1n) is 6.67. The Morgan fingerprint density at radius 3 is 2.56 bits per heavy atom. The van der Waals surface area contributed by atoms with Crippen LogP contribution in [0.15, 0.2) is 0 Å². The van der Waals surface area contributed by atoms with E-state index in [-0.39, 0.29) is 0 Å². The molecule has 0 aliphatic carbocycles. The van der Waals surface area contributed by atoms with Crippen LogP contribution in [-0.2, 0) is 0 Å². The van der Waals surface area contributed by atoms with E-state index in [2.05, 4.69) is 47.5 Å². The fourth-order valence-corrected chi connectivity index (χ4v) is 2.58. The van der Waals surface area contributed by atoms with E-state index in [1.807, 2.05) is 6.92 Å². The van der Waals surface area contributed by atoms with Crippen molar-refractivity contribution in [3.8, 4) is 0 Å². The molecule has 1 aliphatic heterocycles. The highest BCUT2D eigenvalue weighted by molar-refractivity contribution is 5.67. The average Bonchev–Trinajstić information content (AvgIpc) is 2.85. The molecule has 0 bridgehead atoms. The van der Waals surface area contributed by atoms with Gasteiger partial charge in [-0.15, -0.1) is 0 Å². The molecule has 1 fully saturated rings. The highest BCUT2D eigenvalue weighted by atomic mass is 15.4. The molecular weight excluding hydrogens is 226 g/mol. The number of hydrogen-bond donors (Lipinski definition) is 1. The predicted molar refractivity (Wildman–Crippen MR) is 76.1 cm³/mol. The third-order valence-corrected chi connectivity index (χ3v) is 3.79. The number of rotatable bonds is 3. The number of nitrogens with zero attached hydrogens (tertiary/aromatic N) is 4. The maximum atomic E-state index is 6.20. The summed E-state index contributed by atoms with van der Waals surface area (Å²) in [5.74, 6) is 1.10. The Labute approximate surface area is 110 Å². The molecule has 2 heterocycles. The van der Waals surface area contributed by atoms with Crippen LogP contribution in [0.2, 0.25) is 0 Å². The Bertz CT molecular complexity index is 421. The van der Waals surface area contributed by atoms with Crippen LogP contribution >= 0.6 is 0 Å². The van der Waals surface area contributed by atoms with E-state index < -0.39 is 0 Å². The Morgan fingerprint density at radius 2 is 2.06 bits per heavy atom. The molecule has 1 aromatic rings. The van der Waals surface area contributed by atoms with E-state index >= 15 is 0 Å². The van der Waals surface area contributed by atoms with Gasteiger partial charge in [0.2, 0.25) is 0 Å². The second-order valence-electron chi connectivity index (χ2n) is 5.71. The summed E-state index contributed by atoms with van der Waals surface area (Å²) >= 11 is 0. The number of nitrogens with two attached hydrogens (primary N) is 1. The van der Waals surface area contributed by atoms with E-state index in [4.69, 9.17) is 5.73 Å². The smallest absolute Gasteiger partial charge is 0.150 e. The zero-order chi connectivity index (χ0) is 13.4. The first-order valence-corrected chi connectivity index (χ1v) is 6.67. The van der Waals surface area contributed by atoms with Gasteiger partial charge in [-0.1, -0.05) is 0 Å². The lowest BCUT2D eigenvalue weighted by atomic mass is 10.2. The van der Waals surface area contributed by atoms with Crippen LogP contribution in [0.1, 0.15) is 32.0 Å². The van der Waals surface area contributed by atoms with Gasteiger partial charge in [-0.05, 0) is 41.3 Å². The van der Waals surface area contributed by atoms with E-state index in [9.17, 15) is 0 Å². The second-order valence-corrected chi connectivity index (χ2v) is 5.71. The summed E-state index contributed by atoms with van der Waals surface area (Å²) in [7, 11) is 4.28. The highest BCUT2D eigenvalue weighted by Crippen LogP contribution is 2.32. The molecule has 1 aliphatic rings. The maximum Gasteiger partial charge on any atom is 0.150 e. The lowest BCUT2D eigenvalue weighted by molar-refractivity contribution is 0.315. The third kappa shape index (κ3) is 2.19. The quantitative estimate of drug-likeness (QED) is 0.884. The molecule has 0 aromatic carbocycles. The van der Waals surface area contributed by atoms with E-state index in [1.165, 1.54) is 6.42 Å². The van der Waals surface area contributed by atoms with Crippen molar-refractivity contribution in [3.05, 3.63) is 5.69 Å². The zero-order valence-corrected chi connectivity index (χ0v) is 12.1. The highest BCUT2D eigenvalue weighted by Gasteiger charge is 2.29. The molecule has 102 valence electrons. The first kappa shape index (κ1) is 13.2. The van der Waals surface area contributed by atoms with Crippen molar-refractivity contribution in [1.29, 1.82) is 0 Å². The Morgan fingerprint density at radius 1 is 1.39 bits per heavy atom. The third-order valence-electron chi connectivity index (χ3n) is 3.79. The Kier molecular flexibility index (Phi) is 3.52. The lowest BCUT2D eigenvalue weighted by Gasteiger charge is -2.24. The number of aryl methyl sites for hydroxylation is 1. The topological polar surface area (TPSA) is 50.3 Å². The van der Waals surface area contributed by atoms with Gasteiger partial charge in [0.25, 0.3) is 0 Å². The van der Waals surface area contributed by atoms with Crippen LogP contribution in [0.25, 0.3) is 0 Å². The summed E-state index contributed by atoms with van der Waals surface area (Å²) in [5, 5.41) is 4.56. The average molecular weight is 251 g/mol. The molecule has 1 aromatic heterocycles. The van der Waals surface area contributed by atoms with Gasteiger partial charge in [0.1, 0.15) is 0 Å². The Hall–Kier alpha value is -1.23. The van der Waals surface area contributed by atoms with Gasteiger partial charge < -0.3 is 15.5 Å². The van der Waals surface area contributed by atoms with E-state index in [0.717, 1.165) is 30.3 Å². The van der Waals surface area contributed by atoms with Crippen molar-refractivity contribution in [2.24, 2.45) is 0 Å². The van der Waals surface area contributed by atoms with Crippen molar-refractivity contribution >= 4 is 11.5 Å². The van der Waals surface area contributed by atoms with Crippen LogP contribution in [0.4, 0.5) is 11.5 Å². The normalized spacial score (nSPS) is 20.4. The number of hydrogen-bond acceptors (Lipinski definition) is 4. The minimum absolute atomic E-state index is 0.342. The first-order chi connectivity index (χ1) is 8.41. The monoisotopic (exact) mass is 251 g/mol. The molecule has 1 saturated heterocycles. The van der Waals surface area contributed by atoms with Crippen molar-refractivity contribution < 1.29 is 0 Å². The van der Waals surface area contributed by atoms with Gasteiger partial charge in [0.15, 0.2) is 5.82 Å². The molecule has 0 spiro atoms. The van der Waals surface area contributed by atoms with Crippen LogP contribution in [0.3, 0.4) is 0 Å². The van der Waals surface area contributed by atoms with Crippen molar-refractivity contribution in [2.45, 2.75) is 39.3 Å². The minimum atomic E-state index is 0.342. The summed E-state index contributed by atoms with van der Waals surface area (Å²) in [6.45, 7) is 8.38. The molecule has 2 rings (SSSR count). The van der Waals surface area contributed by atoms with Gasteiger partial charge in [0, 0.05) is 25.2 Å². The van der Waals surface area contributed by atoms with E-state index in [0.29, 0.717) is 12.1 Å². The molecule has 0 saturated carbocycles. The number of anilines is 2. The minimum Gasteiger partial charge on any atom is -0.394 e. The van der Waals surface area contributed by atoms with Crippen LogP contribution in [-0.4, -0.2) is 47.9 Å². The fourth-order valence-electron chi connectivity index (χ4n) is 2.58. The summed E-state index contributed by atoms with van der Waals surface area (Å²) in [4.78, 5) is 4.67. The summed E-state index contributed by atoms with van der Waals surface area (Å²) in [6.07, 6.45) is 1.19. The van der Waals surface area contributed by atoms with Crippen molar-refractivity contribution in [2.75, 3.05) is 37.8 Å². The van der Waals surface area contributed by atoms with Crippen molar-refractivity contribution in [3.63, 3.8) is 0 Å². The van der Waals surface area contributed by atoms with Gasteiger partial charge >= 0.3 is 0 Å². The van der Waals surface area contributed by atoms with Gasteiger partial charge in [0.05, 0.1) is 11.4 Å². The SMILES string of the molecule is Cc1nn(C(C)C)c(N2CCC(N(C)C)C2)c1N. The molecule has 1 atom stereocenters. The van der Waals surface area contributed by atoms with Gasteiger partial charge in [-0.25, -0.2) is 4.68 Å². The Balaban J connectivity index is 2.29. The molecule has 0 radical (unpaired) electrons. The predicted octanol–water partition coefficient (Wildman–Crippen LogP) is 1.49. The van der Waals surface area contributed by atoms with E-state index in [1.54, 1.807) is 0 Å². The zero-order valence-electron chi connectivity index (χ0n) is 12.1. The summed E-state index contributed by atoms with van der Waals surface area (Å²) < 4.78 is 2.06. The summed E-state index contributed by atoms with van der Waals surface area (Å²) in [5.41, 5.74) is 7.98. The molecule has 5 nitrogen and oxygen atoms in total. The molecule has 18 heavy (non-hydrogen) atoms. The number of aromatic nitrogens is 2. The molecule has 1 unspecified atom stereocenters. The number of likely N-dealkylation sites (N-methyl/N-ethyl adjacent to an activating group) is 1. The van der Waals surface area contributed by atoms with Gasteiger partial charge in [-0.2, -0.15) is 5.10 Å². The molecule has 0 amide bonds. The maximum absolute atomic E-state index is 6.20. The van der Waals surface area contributed by atoms with Gasteiger partial charge in [-0.3, -0.25) is 0 Å². The van der Waals surface area contributed by atoms with Crippen molar-refractivity contribution in [1.82, 2.24) is 14.7 Å².